The Morgan fingerprint density at radius 1 is 1.85 bits per heavy atom. The number of allylic oxidation sites excluding steroid dienone is 2. The van der Waals surface area contributed by atoms with Crippen LogP contribution in [0, 0.1) is 0 Å². The number of halogens is 1. The largest absolute Gasteiger partial charge is 0.382 e. The molecule has 1 rings (SSSR count). The highest BCUT2D eigenvalue weighted by Crippen LogP contribution is 2.11. The van der Waals surface area contributed by atoms with E-state index in [2.05, 4.69) is 5.10 Å². The quantitative estimate of drug-likeness (QED) is 0.592. The predicted molar refractivity (Wildman–Crippen MR) is 51.6 cm³/mol. The second-order valence-corrected chi connectivity index (χ2v) is 2.84. The van der Waals surface area contributed by atoms with Gasteiger partial charge in [0.2, 0.25) is 0 Å². The van der Waals surface area contributed by atoms with Gasteiger partial charge in [-0.05, 0) is 18.5 Å². The number of rotatable bonds is 3. The third-order valence-electron chi connectivity index (χ3n) is 1.53. The number of nitrogen functional groups attached to an aromatic ring is 1. The fourth-order valence-corrected chi connectivity index (χ4v) is 1.04. The summed E-state index contributed by atoms with van der Waals surface area (Å²) in [6, 6.07) is 0. The van der Waals surface area contributed by atoms with E-state index in [1.807, 2.05) is 19.1 Å². The lowest BCUT2D eigenvalue weighted by Gasteiger charge is -1.91. The second kappa shape index (κ2) is 4.09. The number of nitrogens with two attached hydrogens (primary N) is 1. The van der Waals surface area contributed by atoms with Crippen molar-refractivity contribution in [2.45, 2.75) is 13.5 Å². The van der Waals surface area contributed by atoms with Gasteiger partial charge in [0.25, 0.3) is 5.24 Å². The molecule has 70 valence electrons. The zero-order valence-electron chi connectivity index (χ0n) is 7.20. The molecule has 13 heavy (non-hydrogen) atoms. The lowest BCUT2D eigenvalue weighted by atomic mass is 10.4. The van der Waals surface area contributed by atoms with Crippen molar-refractivity contribution in [3.63, 3.8) is 0 Å². The number of hydrogen-bond acceptors (Lipinski definition) is 3. The van der Waals surface area contributed by atoms with E-state index in [1.165, 1.54) is 6.20 Å². The standard InChI is InChI=1S/C8H10ClN3O/c1-2-3-4-12-5-6(7(9)13)8(10)11-12/h2-3,5H,4H2,1H3,(H2,10,11)/b3-2-. The van der Waals surface area contributed by atoms with Gasteiger partial charge in [0.1, 0.15) is 0 Å². The lowest BCUT2D eigenvalue weighted by molar-refractivity contribution is 0.108. The van der Waals surface area contributed by atoms with Crippen LogP contribution < -0.4 is 5.73 Å². The van der Waals surface area contributed by atoms with Gasteiger partial charge in [-0.15, -0.1) is 0 Å². The number of carbonyl (C=O) groups is 1. The van der Waals surface area contributed by atoms with Crippen LogP contribution in [0.25, 0.3) is 0 Å². The van der Waals surface area contributed by atoms with Gasteiger partial charge >= 0.3 is 0 Å². The molecule has 0 saturated carbocycles. The molecule has 0 unspecified atom stereocenters. The van der Waals surface area contributed by atoms with Gasteiger partial charge < -0.3 is 5.73 Å². The average Bonchev–Trinajstić information content (AvgIpc) is 2.43. The molecule has 1 aromatic rings. The van der Waals surface area contributed by atoms with Crippen LogP contribution in [0.15, 0.2) is 18.3 Å². The molecule has 0 atom stereocenters. The van der Waals surface area contributed by atoms with E-state index >= 15 is 0 Å². The summed E-state index contributed by atoms with van der Waals surface area (Å²) in [7, 11) is 0. The van der Waals surface area contributed by atoms with Crippen molar-refractivity contribution in [3.8, 4) is 0 Å². The minimum atomic E-state index is -0.579. The van der Waals surface area contributed by atoms with E-state index in [1.54, 1.807) is 4.68 Å². The maximum atomic E-state index is 10.8. The Morgan fingerprint density at radius 3 is 3.00 bits per heavy atom. The topological polar surface area (TPSA) is 60.9 Å². The first-order chi connectivity index (χ1) is 6.15. The zero-order valence-corrected chi connectivity index (χ0v) is 7.95. The molecule has 0 aliphatic carbocycles. The van der Waals surface area contributed by atoms with Crippen LogP contribution in [0.2, 0.25) is 0 Å². The molecule has 2 N–H and O–H groups in total. The van der Waals surface area contributed by atoms with Crippen molar-refractivity contribution in [1.29, 1.82) is 0 Å². The molecule has 5 heteroatoms. The van der Waals surface area contributed by atoms with E-state index in [4.69, 9.17) is 17.3 Å². The first kappa shape index (κ1) is 9.80. The number of anilines is 1. The summed E-state index contributed by atoms with van der Waals surface area (Å²) in [6.45, 7) is 2.49. The van der Waals surface area contributed by atoms with Crippen molar-refractivity contribution in [2.24, 2.45) is 0 Å². The Labute approximate surface area is 81.0 Å². The molecule has 0 amide bonds. The summed E-state index contributed by atoms with van der Waals surface area (Å²) in [5.41, 5.74) is 5.71. The molecule has 0 bridgehead atoms. The fourth-order valence-electron chi connectivity index (χ4n) is 0.895. The molecule has 0 fully saturated rings. The third-order valence-corrected chi connectivity index (χ3v) is 1.73. The number of hydrogen-bond donors (Lipinski definition) is 1. The van der Waals surface area contributed by atoms with Gasteiger partial charge in [0.05, 0.1) is 12.1 Å². The minimum Gasteiger partial charge on any atom is -0.382 e. The van der Waals surface area contributed by atoms with Crippen molar-refractivity contribution in [3.05, 3.63) is 23.9 Å². The normalized spacial score (nSPS) is 10.9. The molecule has 1 heterocycles. The highest BCUT2D eigenvalue weighted by molar-refractivity contribution is 6.68. The highest BCUT2D eigenvalue weighted by Gasteiger charge is 2.10. The molecule has 0 radical (unpaired) electrons. The van der Waals surface area contributed by atoms with Gasteiger partial charge in [0.15, 0.2) is 5.82 Å². The lowest BCUT2D eigenvalue weighted by Crippen LogP contribution is -1.96. The number of nitrogens with zero attached hydrogens (tertiary/aromatic N) is 2. The van der Waals surface area contributed by atoms with Crippen LogP contribution in [0.1, 0.15) is 17.3 Å². The van der Waals surface area contributed by atoms with Gasteiger partial charge in [-0.3, -0.25) is 9.48 Å². The number of aromatic nitrogens is 2. The third kappa shape index (κ3) is 2.32. The smallest absolute Gasteiger partial charge is 0.257 e. The van der Waals surface area contributed by atoms with Crippen LogP contribution >= 0.6 is 11.6 Å². The summed E-state index contributed by atoms with van der Waals surface area (Å²) in [6.07, 6.45) is 5.32. The van der Waals surface area contributed by atoms with Crippen LogP contribution in [0.3, 0.4) is 0 Å². The monoisotopic (exact) mass is 199 g/mol. The zero-order chi connectivity index (χ0) is 9.84. The van der Waals surface area contributed by atoms with E-state index in [0.717, 1.165) is 0 Å². The molecule has 0 saturated heterocycles. The average molecular weight is 200 g/mol. The molecule has 0 aliphatic heterocycles. The van der Waals surface area contributed by atoms with E-state index in [9.17, 15) is 4.79 Å². The predicted octanol–water partition coefficient (Wildman–Crippen LogP) is 1.42. The van der Waals surface area contributed by atoms with E-state index in [-0.39, 0.29) is 11.4 Å². The molecule has 0 aliphatic rings. The highest BCUT2D eigenvalue weighted by atomic mass is 35.5. The van der Waals surface area contributed by atoms with E-state index in [0.29, 0.717) is 6.54 Å². The van der Waals surface area contributed by atoms with Crippen LogP contribution in [-0.4, -0.2) is 15.0 Å². The van der Waals surface area contributed by atoms with Crippen molar-refractivity contribution in [1.82, 2.24) is 9.78 Å². The molecule has 0 aromatic carbocycles. The Hall–Kier alpha value is -1.29. The Bertz CT molecular complexity index is 343. The van der Waals surface area contributed by atoms with Crippen LogP contribution in [-0.2, 0) is 6.54 Å². The Balaban J connectivity index is 2.88. The summed E-state index contributed by atoms with van der Waals surface area (Å²) < 4.78 is 1.56. The first-order valence-corrected chi connectivity index (χ1v) is 4.17. The number of carbonyl (C=O) groups excluding carboxylic acids is 1. The molecule has 1 aromatic heterocycles. The van der Waals surface area contributed by atoms with E-state index < -0.39 is 5.24 Å². The van der Waals surface area contributed by atoms with Gasteiger partial charge in [-0.25, -0.2) is 0 Å². The fraction of sp³-hybridized carbons (Fsp3) is 0.250. The van der Waals surface area contributed by atoms with Gasteiger partial charge in [-0.2, -0.15) is 5.10 Å². The van der Waals surface area contributed by atoms with Gasteiger partial charge in [-0.1, -0.05) is 12.2 Å². The maximum absolute atomic E-state index is 10.8. The SMILES string of the molecule is C/C=C\Cn1cc(C(=O)Cl)c(N)n1. The molecule has 4 nitrogen and oxygen atoms in total. The molecular formula is C8H10ClN3O. The van der Waals surface area contributed by atoms with Crippen LogP contribution in [0.5, 0.6) is 0 Å². The Kier molecular flexibility index (Phi) is 3.08. The first-order valence-electron chi connectivity index (χ1n) is 3.79. The maximum Gasteiger partial charge on any atom is 0.257 e. The minimum absolute atomic E-state index is 0.171. The second-order valence-electron chi connectivity index (χ2n) is 2.49. The summed E-state index contributed by atoms with van der Waals surface area (Å²) >= 11 is 5.27. The summed E-state index contributed by atoms with van der Waals surface area (Å²) in [5, 5.41) is 3.33. The summed E-state index contributed by atoms with van der Waals surface area (Å²) in [5.74, 6) is 0.171. The van der Waals surface area contributed by atoms with Crippen molar-refractivity contribution < 1.29 is 4.79 Å². The Morgan fingerprint density at radius 2 is 2.54 bits per heavy atom. The van der Waals surface area contributed by atoms with Crippen molar-refractivity contribution in [2.75, 3.05) is 5.73 Å². The summed E-state index contributed by atoms with van der Waals surface area (Å²) in [4.78, 5) is 10.8. The van der Waals surface area contributed by atoms with Crippen molar-refractivity contribution >= 4 is 22.7 Å². The van der Waals surface area contributed by atoms with Crippen LogP contribution in [0.4, 0.5) is 5.82 Å². The van der Waals surface area contributed by atoms with Gasteiger partial charge in [0, 0.05) is 6.20 Å². The molecular weight excluding hydrogens is 190 g/mol. The molecule has 0 spiro atoms.